The molecular weight excluding hydrogens is 410 g/mol. The number of amides is 1. The maximum Gasteiger partial charge on any atom is 0.331 e. The molecule has 132 valence electrons. The van der Waals surface area contributed by atoms with Gasteiger partial charge in [0.15, 0.2) is 5.17 Å². The molecule has 9 heteroatoms. The lowest BCUT2D eigenvalue weighted by atomic mass is 10.2. The molecule has 25 heavy (non-hydrogen) atoms. The van der Waals surface area contributed by atoms with Gasteiger partial charge in [0.2, 0.25) is 0 Å². The number of carbonyl (C=O) groups excluding carboxylic acids is 2. The number of hydrogen-bond acceptors (Lipinski definition) is 7. The van der Waals surface area contributed by atoms with E-state index in [1.807, 2.05) is 25.1 Å². The summed E-state index contributed by atoms with van der Waals surface area (Å²) in [5, 5.41) is 10.7. The molecule has 1 saturated heterocycles. The van der Waals surface area contributed by atoms with Crippen LogP contribution in [0.5, 0.6) is 5.75 Å². The van der Waals surface area contributed by atoms with Gasteiger partial charge in [-0.05, 0) is 36.4 Å². The monoisotopic (exact) mass is 425 g/mol. The van der Waals surface area contributed by atoms with Gasteiger partial charge in [-0.3, -0.25) is 10.1 Å². The van der Waals surface area contributed by atoms with Crippen LogP contribution in [0.2, 0.25) is 0 Å². The van der Waals surface area contributed by atoms with Crippen LogP contribution in [0.1, 0.15) is 18.9 Å². The van der Waals surface area contributed by atoms with Crippen molar-refractivity contribution in [2.24, 2.45) is 10.2 Å². The first-order chi connectivity index (χ1) is 12.0. The summed E-state index contributed by atoms with van der Waals surface area (Å²) in [5.74, 6) is -0.323. The fourth-order valence-electron chi connectivity index (χ4n) is 1.75. The zero-order valence-corrected chi connectivity index (χ0v) is 16.0. The van der Waals surface area contributed by atoms with Gasteiger partial charge in [-0.25, -0.2) is 4.79 Å². The Hall–Kier alpha value is -2.13. The molecule has 0 saturated carbocycles. The van der Waals surface area contributed by atoms with Crippen molar-refractivity contribution in [3.8, 4) is 5.75 Å². The fraction of sp³-hybridized carbons (Fsp3) is 0.250. The summed E-state index contributed by atoms with van der Waals surface area (Å²) in [6, 6.07) is 5.58. The number of benzene rings is 1. The van der Waals surface area contributed by atoms with Crippen LogP contribution < -0.4 is 10.1 Å². The topological polar surface area (TPSA) is 89.4 Å². The number of methoxy groups -OCH3 is 1. The summed E-state index contributed by atoms with van der Waals surface area (Å²) in [6.07, 6.45) is 3.54. The summed E-state index contributed by atoms with van der Waals surface area (Å²) in [5.41, 5.74) is 0.756. The number of carbonyl (C=O) groups is 2. The zero-order chi connectivity index (χ0) is 18.2. The molecule has 2 rings (SSSR count). The smallest absolute Gasteiger partial charge is 0.331 e. The van der Waals surface area contributed by atoms with E-state index >= 15 is 0 Å². The van der Waals surface area contributed by atoms with Gasteiger partial charge in [0.1, 0.15) is 5.75 Å². The number of hydrogen-bond donors (Lipinski definition) is 1. The van der Waals surface area contributed by atoms with E-state index in [1.165, 1.54) is 13.3 Å². The highest BCUT2D eigenvalue weighted by Crippen LogP contribution is 2.24. The average Bonchev–Trinajstić information content (AvgIpc) is 2.93. The lowest BCUT2D eigenvalue weighted by Crippen LogP contribution is -2.19. The summed E-state index contributed by atoms with van der Waals surface area (Å²) in [7, 11) is 1.24. The number of ether oxygens (including phenoxy) is 2. The van der Waals surface area contributed by atoms with Gasteiger partial charge < -0.3 is 9.47 Å². The Morgan fingerprint density at radius 1 is 1.44 bits per heavy atom. The predicted octanol–water partition coefficient (Wildman–Crippen LogP) is 2.85. The molecule has 1 aromatic rings. The van der Waals surface area contributed by atoms with Gasteiger partial charge in [-0.1, -0.05) is 22.9 Å². The number of nitrogens with zero attached hydrogens (tertiary/aromatic N) is 2. The van der Waals surface area contributed by atoms with Crippen LogP contribution in [0, 0.1) is 0 Å². The van der Waals surface area contributed by atoms with Crippen LogP contribution in [0.25, 0.3) is 0 Å². The van der Waals surface area contributed by atoms with Crippen molar-refractivity contribution < 1.29 is 19.1 Å². The Morgan fingerprint density at radius 3 is 2.96 bits per heavy atom. The molecule has 1 heterocycles. The Kier molecular flexibility index (Phi) is 7.20. The van der Waals surface area contributed by atoms with E-state index in [-0.39, 0.29) is 10.1 Å². The van der Waals surface area contributed by atoms with E-state index in [2.05, 4.69) is 36.2 Å². The first-order valence-corrected chi connectivity index (χ1v) is 8.96. The van der Waals surface area contributed by atoms with E-state index in [4.69, 9.17) is 4.74 Å². The molecule has 0 aliphatic carbocycles. The summed E-state index contributed by atoms with van der Waals surface area (Å²) < 4.78 is 11.0. The lowest BCUT2D eigenvalue weighted by Gasteiger charge is -2.07. The molecule has 1 aromatic carbocycles. The van der Waals surface area contributed by atoms with E-state index in [1.54, 1.807) is 0 Å². The van der Waals surface area contributed by atoms with E-state index in [0.29, 0.717) is 12.4 Å². The van der Waals surface area contributed by atoms with Crippen LogP contribution in [-0.2, 0) is 14.3 Å². The molecule has 0 radical (unpaired) electrons. The normalized spacial score (nSPS) is 17.3. The second-order valence-electron chi connectivity index (χ2n) is 4.77. The van der Waals surface area contributed by atoms with Crippen LogP contribution in [-0.4, -0.2) is 37.0 Å². The minimum atomic E-state index is -0.603. The molecule has 1 fully saturated rings. The number of esters is 1. The Bertz CT molecular complexity index is 762. The van der Waals surface area contributed by atoms with Gasteiger partial charge in [0.05, 0.1) is 24.8 Å². The zero-order valence-electron chi connectivity index (χ0n) is 13.6. The third-order valence-corrected chi connectivity index (χ3v) is 4.27. The number of thioether (sulfide) groups is 1. The van der Waals surface area contributed by atoms with Crippen LogP contribution in [0.3, 0.4) is 0 Å². The van der Waals surface area contributed by atoms with Crippen molar-refractivity contribution in [2.75, 3.05) is 13.7 Å². The number of halogens is 1. The molecule has 1 N–H and O–H groups in total. The standard InChI is InChI=1S/C16H16BrN3O4S/c1-3-6-24-12-5-4-11(17)7-10(12)9-18-20-16-19-15(22)13(25-16)8-14(21)23-2/h4-5,7-9H,3,6H2,1-2H3,(H,19,20,22)/b13-8+,18-9?. The van der Waals surface area contributed by atoms with Gasteiger partial charge in [-0.2, -0.15) is 5.10 Å². The van der Waals surface area contributed by atoms with Crippen molar-refractivity contribution in [1.82, 2.24) is 5.32 Å². The fourth-order valence-corrected chi connectivity index (χ4v) is 2.87. The van der Waals surface area contributed by atoms with Gasteiger partial charge in [0.25, 0.3) is 5.91 Å². The summed E-state index contributed by atoms with van der Waals surface area (Å²) >= 11 is 4.42. The minimum absolute atomic E-state index is 0.204. The van der Waals surface area contributed by atoms with Gasteiger partial charge in [-0.15, -0.1) is 5.10 Å². The van der Waals surface area contributed by atoms with E-state index < -0.39 is 11.9 Å². The van der Waals surface area contributed by atoms with Crippen molar-refractivity contribution in [1.29, 1.82) is 0 Å². The number of nitrogens with one attached hydrogen (secondary N) is 1. The molecule has 0 aromatic heterocycles. The molecule has 7 nitrogen and oxygen atoms in total. The first-order valence-electron chi connectivity index (χ1n) is 7.35. The molecule has 0 atom stereocenters. The third-order valence-electron chi connectivity index (χ3n) is 2.88. The highest BCUT2D eigenvalue weighted by molar-refractivity contribution is 9.10. The summed E-state index contributed by atoms with van der Waals surface area (Å²) in [6.45, 7) is 2.63. The predicted molar refractivity (Wildman–Crippen MR) is 101 cm³/mol. The second kappa shape index (κ2) is 9.38. The highest BCUT2D eigenvalue weighted by atomic mass is 79.9. The molecule has 1 aliphatic rings. The largest absolute Gasteiger partial charge is 0.493 e. The molecule has 0 unspecified atom stereocenters. The first kappa shape index (κ1) is 19.2. The van der Waals surface area contributed by atoms with Crippen LogP contribution >= 0.6 is 27.7 Å². The molecule has 1 aliphatic heterocycles. The van der Waals surface area contributed by atoms with Gasteiger partial charge >= 0.3 is 5.97 Å². The Morgan fingerprint density at radius 2 is 2.24 bits per heavy atom. The van der Waals surface area contributed by atoms with Crippen LogP contribution in [0.4, 0.5) is 0 Å². The van der Waals surface area contributed by atoms with Crippen molar-refractivity contribution in [3.63, 3.8) is 0 Å². The van der Waals surface area contributed by atoms with Crippen molar-refractivity contribution in [2.45, 2.75) is 13.3 Å². The molecule has 1 amide bonds. The van der Waals surface area contributed by atoms with E-state index in [0.717, 1.165) is 34.3 Å². The summed E-state index contributed by atoms with van der Waals surface area (Å²) in [4.78, 5) is 23.1. The lowest BCUT2D eigenvalue weighted by molar-refractivity contribution is -0.135. The molecular formula is C16H16BrN3O4S. The second-order valence-corrected chi connectivity index (χ2v) is 6.71. The third kappa shape index (κ3) is 5.71. The van der Waals surface area contributed by atoms with Crippen molar-refractivity contribution >= 4 is 51.0 Å². The van der Waals surface area contributed by atoms with Gasteiger partial charge in [0, 0.05) is 16.1 Å². The SMILES string of the molecule is CCCOc1ccc(Br)cc1C=N/N=C1/NC(=O)/C(=C\C(=O)OC)S1. The molecule has 0 spiro atoms. The maximum atomic E-state index is 11.7. The van der Waals surface area contributed by atoms with E-state index in [9.17, 15) is 9.59 Å². The molecule has 0 bridgehead atoms. The van der Waals surface area contributed by atoms with Crippen LogP contribution in [0.15, 0.2) is 43.9 Å². The highest BCUT2D eigenvalue weighted by Gasteiger charge is 2.25. The minimum Gasteiger partial charge on any atom is -0.493 e. The Labute approximate surface area is 157 Å². The van der Waals surface area contributed by atoms with Crippen molar-refractivity contribution in [3.05, 3.63) is 39.2 Å². The maximum absolute atomic E-state index is 11.7. The Balaban J connectivity index is 2.11. The number of rotatable bonds is 6. The quantitative estimate of drug-likeness (QED) is 0.327. The average molecular weight is 426 g/mol. The number of amidine groups is 1.